The summed E-state index contributed by atoms with van der Waals surface area (Å²) in [5, 5.41) is 10.4. The van der Waals surface area contributed by atoms with E-state index < -0.39 is 6.10 Å². The summed E-state index contributed by atoms with van der Waals surface area (Å²) in [4.78, 5) is 24.9. The fraction of sp³-hybridized carbons (Fsp3) is 0.706. The molecule has 6 nitrogen and oxygen atoms in total. The average Bonchev–Trinajstić information content (AvgIpc) is 2.89. The number of aromatic nitrogens is 2. The maximum Gasteiger partial charge on any atom is 0.274 e. The largest absolute Gasteiger partial charge is 0.390 e. The van der Waals surface area contributed by atoms with Crippen molar-refractivity contribution in [3.05, 3.63) is 23.8 Å². The highest BCUT2D eigenvalue weighted by molar-refractivity contribution is 5.92. The van der Waals surface area contributed by atoms with Crippen molar-refractivity contribution < 1.29 is 9.90 Å². The Balaban J connectivity index is 1.65. The first-order valence-electron chi connectivity index (χ1n) is 8.65. The first kappa shape index (κ1) is 16.3. The fourth-order valence-corrected chi connectivity index (χ4v) is 3.56. The lowest BCUT2D eigenvalue weighted by Crippen LogP contribution is -2.45. The third-order valence-corrected chi connectivity index (χ3v) is 4.91. The molecule has 2 fully saturated rings. The highest BCUT2D eigenvalue weighted by Gasteiger charge is 2.38. The Labute approximate surface area is 137 Å². The van der Waals surface area contributed by atoms with Crippen LogP contribution < -0.4 is 0 Å². The Morgan fingerprint density at radius 2 is 1.78 bits per heavy atom. The number of aliphatic hydroxyl groups excluding tert-OH is 1. The van der Waals surface area contributed by atoms with Gasteiger partial charge in [0.15, 0.2) is 0 Å². The van der Waals surface area contributed by atoms with E-state index in [0.29, 0.717) is 18.8 Å². The Hall–Kier alpha value is -1.53. The number of likely N-dealkylation sites (tertiary alicyclic amines) is 2. The van der Waals surface area contributed by atoms with Crippen molar-refractivity contribution in [1.82, 2.24) is 19.8 Å². The highest BCUT2D eigenvalue weighted by Crippen LogP contribution is 2.21. The Morgan fingerprint density at radius 3 is 2.43 bits per heavy atom. The summed E-state index contributed by atoms with van der Waals surface area (Å²) < 4.78 is 0. The summed E-state index contributed by atoms with van der Waals surface area (Å²) >= 11 is 0. The molecule has 0 bridgehead atoms. The standard InChI is InChI=1S/C17H26N4O2/c1-13-9-19-14(10-18-13)17(23)21-11-15(16(22)12-21)20-7-5-3-2-4-6-8-20/h9-10,15-16,22H,2-8,11-12H2,1H3/t15-,16-/m0/s1. The molecule has 0 saturated carbocycles. The van der Waals surface area contributed by atoms with Crippen LogP contribution in [0.3, 0.4) is 0 Å². The lowest BCUT2D eigenvalue weighted by atomic mass is 10.1. The van der Waals surface area contributed by atoms with Crippen molar-refractivity contribution >= 4 is 5.91 Å². The molecular weight excluding hydrogens is 292 g/mol. The molecule has 0 spiro atoms. The van der Waals surface area contributed by atoms with Crippen LogP contribution in [0.2, 0.25) is 0 Å². The molecule has 6 heteroatoms. The molecule has 1 amide bonds. The van der Waals surface area contributed by atoms with Gasteiger partial charge in [0.2, 0.25) is 0 Å². The maximum absolute atomic E-state index is 12.5. The minimum Gasteiger partial charge on any atom is -0.390 e. The van der Waals surface area contributed by atoms with Crippen LogP contribution in [-0.2, 0) is 0 Å². The summed E-state index contributed by atoms with van der Waals surface area (Å²) in [6, 6.07) is 0.0513. The summed E-state index contributed by atoms with van der Waals surface area (Å²) in [7, 11) is 0. The molecule has 2 aliphatic heterocycles. The third-order valence-electron chi connectivity index (χ3n) is 4.91. The Bertz CT molecular complexity index is 526. The van der Waals surface area contributed by atoms with Crippen molar-refractivity contribution in [1.29, 1.82) is 0 Å². The van der Waals surface area contributed by atoms with Gasteiger partial charge in [-0.05, 0) is 32.9 Å². The number of carbonyl (C=O) groups is 1. The zero-order chi connectivity index (χ0) is 16.2. The van der Waals surface area contributed by atoms with Crippen molar-refractivity contribution in [2.75, 3.05) is 26.2 Å². The van der Waals surface area contributed by atoms with E-state index in [4.69, 9.17) is 0 Å². The number of carbonyl (C=O) groups excluding carboxylic acids is 1. The van der Waals surface area contributed by atoms with Crippen LogP contribution in [0.4, 0.5) is 0 Å². The van der Waals surface area contributed by atoms with E-state index in [1.165, 1.54) is 38.3 Å². The van der Waals surface area contributed by atoms with Gasteiger partial charge in [-0.2, -0.15) is 0 Å². The SMILES string of the molecule is Cc1cnc(C(=O)N2C[C@H](O)[C@@H](N3CCCCCCC3)C2)cn1. The Morgan fingerprint density at radius 1 is 1.09 bits per heavy atom. The van der Waals surface area contributed by atoms with Crippen molar-refractivity contribution in [3.8, 4) is 0 Å². The van der Waals surface area contributed by atoms with Gasteiger partial charge in [0, 0.05) is 19.3 Å². The van der Waals surface area contributed by atoms with Gasteiger partial charge < -0.3 is 10.0 Å². The molecule has 1 aromatic heterocycles. The molecule has 1 N–H and O–H groups in total. The molecule has 3 rings (SSSR count). The predicted octanol–water partition coefficient (Wildman–Crippen LogP) is 1.24. The van der Waals surface area contributed by atoms with Gasteiger partial charge in [-0.15, -0.1) is 0 Å². The van der Waals surface area contributed by atoms with Gasteiger partial charge >= 0.3 is 0 Å². The van der Waals surface area contributed by atoms with Crippen LogP contribution in [0.5, 0.6) is 0 Å². The van der Waals surface area contributed by atoms with Gasteiger partial charge in [0.05, 0.1) is 24.0 Å². The number of rotatable bonds is 2. The first-order chi connectivity index (χ1) is 11.1. The lowest BCUT2D eigenvalue weighted by Gasteiger charge is -2.31. The molecule has 0 radical (unpaired) electrons. The van der Waals surface area contributed by atoms with Crippen LogP contribution in [0.1, 0.15) is 48.3 Å². The predicted molar refractivity (Wildman–Crippen MR) is 87.1 cm³/mol. The van der Waals surface area contributed by atoms with Crippen LogP contribution in [-0.4, -0.2) is 69.1 Å². The number of hydrogen-bond acceptors (Lipinski definition) is 5. The van der Waals surface area contributed by atoms with E-state index in [1.54, 1.807) is 11.1 Å². The van der Waals surface area contributed by atoms with Gasteiger partial charge in [0.1, 0.15) is 5.69 Å². The highest BCUT2D eigenvalue weighted by atomic mass is 16.3. The molecule has 0 aliphatic carbocycles. The number of hydrogen-bond donors (Lipinski definition) is 1. The summed E-state index contributed by atoms with van der Waals surface area (Å²) in [5.74, 6) is -0.133. The van der Waals surface area contributed by atoms with Crippen molar-refractivity contribution in [2.24, 2.45) is 0 Å². The molecule has 1 aromatic rings. The topological polar surface area (TPSA) is 69.6 Å². The number of amides is 1. The minimum absolute atomic E-state index is 0.0513. The molecule has 23 heavy (non-hydrogen) atoms. The van der Waals surface area contributed by atoms with Crippen molar-refractivity contribution in [3.63, 3.8) is 0 Å². The number of aryl methyl sites for hydroxylation is 1. The molecule has 126 valence electrons. The van der Waals surface area contributed by atoms with E-state index in [0.717, 1.165) is 18.8 Å². The zero-order valence-corrected chi connectivity index (χ0v) is 13.8. The second kappa shape index (κ2) is 7.36. The van der Waals surface area contributed by atoms with Gasteiger partial charge in [0.25, 0.3) is 5.91 Å². The normalized spacial score (nSPS) is 26.8. The quantitative estimate of drug-likeness (QED) is 0.888. The van der Waals surface area contributed by atoms with Crippen LogP contribution in [0.25, 0.3) is 0 Å². The summed E-state index contributed by atoms with van der Waals surface area (Å²) in [6.07, 6.45) is 8.86. The van der Waals surface area contributed by atoms with E-state index in [1.807, 2.05) is 6.92 Å². The second-order valence-electron chi connectivity index (χ2n) is 6.69. The van der Waals surface area contributed by atoms with E-state index in [-0.39, 0.29) is 11.9 Å². The van der Waals surface area contributed by atoms with Crippen LogP contribution in [0, 0.1) is 6.92 Å². The van der Waals surface area contributed by atoms with E-state index in [9.17, 15) is 9.90 Å². The van der Waals surface area contributed by atoms with Crippen molar-refractivity contribution in [2.45, 2.75) is 51.2 Å². The maximum atomic E-state index is 12.5. The number of aliphatic hydroxyl groups is 1. The average molecular weight is 318 g/mol. The molecule has 2 atom stereocenters. The van der Waals surface area contributed by atoms with Gasteiger partial charge in [-0.1, -0.05) is 19.3 Å². The second-order valence-corrected chi connectivity index (χ2v) is 6.69. The molecule has 2 aliphatic rings. The monoisotopic (exact) mass is 318 g/mol. The van der Waals surface area contributed by atoms with E-state index >= 15 is 0 Å². The van der Waals surface area contributed by atoms with Crippen LogP contribution in [0.15, 0.2) is 12.4 Å². The van der Waals surface area contributed by atoms with Gasteiger partial charge in [-0.25, -0.2) is 4.98 Å². The molecule has 0 aromatic carbocycles. The van der Waals surface area contributed by atoms with Gasteiger partial charge in [-0.3, -0.25) is 14.7 Å². The molecule has 0 unspecified atom stereocenters. The zero-order valence-electron chi connectivity index (χ0n) is 13.8. The summed E-state index contributed by atoms with van der Waals surface area (Å²) in [6.45, 7) is 4.85. The van der Waals surface area contributed by atoms with Crippen LogP contribution >= 0.6 is 0 Å². The molecular formula is C17H26N4O2. The number of nitrogens with zero attached hydrogens (tertiary/aromatic N) is 4. The third kappa shape index (κ3) is 3.87. The molecule has 2 saturated heterocycles. The van der Waals surface area contributed by atoms with E-state index in [2.05, 4.69) is 14.9 Å². The minimum atomic E-state index is -0.475. The molecule has 3 heterocycles. The fourth-order valence-electron chi connectivity index (χ4n) is 3.56. The smallest absolute Gasteiger partial charge is 0.274 e. The summed E-state index contributed by atoms with van der Waals surface area (Å²) in [5.41, 5.74) is 1.15. The first-order valence-corrected chi connectivity index (χ1v) is 8.65. The Kier molecular flexibility index (Phi) is 5.23. The number of β-amino-alcohol motifs (C(OH)–C–C–N with tert-alkyl or cyclic N) is 1. The lowest BCUT2D eigenvalue weighted by molar-refractivity contribution is 0.0746.